The maximum absolute atomic E-state index is 12.9. The number of rotatable bonds is 6. The maximum Gasteiger partial charge on any atom is 0.123 e. The van der Waals surface area contributed by atoms with E-state index in [0.717, 1.165) is 31.7 Å². The Bertz CT molecular complexity index is 349. The molecule has 0 amide bonds. The van der Waals surface area contributed by atoms with Gasteiger partial charge in [-0.1, -0.05) is 19.1 Å². The summed E-state index contributed by atoms with van der Waals surface area (Å²) >= 11 is 0. The van der Waals surface area contributed by atoms with Gasteiger partial charge in [-0.05, 0) is 30.7 Å². The van der Waals surface area contributed by atoms with E-state index in [1.54, 1.807) is 12.1 Å². The van der Waals surface area contributed by atoms with E-state index in [1.165, 1.54) is 12.1 Å². The van der Waals surface area contributed by atoms with Gasteiger partial charge in [0.25, 0.3) is 0 Å². The fourth-order valence-corrected chi connectivity index (χ4v) is 2.05. The van der Waals surface area contributed by atoms with Gasteiger partial charge < -0.3 is 14.8 Å². The van der Waals surface area contributed by atoms with Crippen molar-refractivity contribution in [3.63, 3.8) is 0 Å². The van der Waals surface area contributed by atoms with Gasteiger partial charge in [-0.3, -0.25) is 0 Å². The van der Waals surface area contributed by atoms with E-state index in [2.05, 4.69) is 12.2 Å². The molecule has 0 radical (unpaired) electrons. The summed E-state index contributed by atoms with van der Waals surface area (Å²) in [6.45, 7) is 5.10. The highest BCUT2D eigenvalue weighted by Crippen LogP contribution is 2.22. The highest BCUT2D eigenvalue weighted by Gasteiger charge is 2.22. The van der Waals surface area contributed by atoms with E-state index in [4.69, 9.17) is 9.47 Å². The molecule has 3 nitrogen and oxygen atoms in total. The summed E-state index contributed by atoms with van der Waals surface area (Å²) in [5, 5.41) is 3.28. The van der Waals surface area contributed by atoms with Gasteiger partial charge in [-0.15, -0.1) is 0 Å². The molecule has 1 heterocycles. The molecular weight excluding hydrogens is 233 g/mol. The number of benzene rings is 1. The van der Waals surface area contributed by atoms with Crippen LogP contribution in [0.4, 0.5) is 4.39 Å². The Labute approximate surface area is 107 Å². The smallest absolute Gasteiger partial charge is 0.123 e. The van der Waals surface area contributed by atoms with E-state index >= 15 is 0 Å². The lowest BCUT2D eigenvalue weighted by Gasteiger charge is -2.22. The van der Waals surface area contributed by atoms with Crippen LogP contribution in [0.3, 0.4) is 0 Å². The molecule has 100 valence electrons. The molecule has 18 heavy (non-hydrogen) atoms. The summed E-state index contributed by atoms with van der Waals surface area (Å²) in [5.41, 5.74) is 1.00. The monoisotopic (exact) mass is 253 g/mol. The van der Waals surface area contributed by atoms with Crippen molar-refractivity contribution in [2.75, 3.05) is 26.3 Å². The minimum absolute atomic E-state index is 0.0442. The zero-order chi connectivity index (χ0) is 12.8. The van der Waals surface area contributed by atoms with Crippen LogP contribution in [-0.2, 0) is 9.47 Å². The molecule has 0 aliphatic carbocycles. The first-order valence-corrected chi connectivity index (χ1v) is 6.49. The van der Waals surface area contributed by atoms with Gasteiger partial charge in [0.1, 0.15) is 5.82 Å². The first-order valence-electron chi connectivity index (χ1n) is 6.49. The summed E-state index contributed by atoms with van der Waals surface area (Å²) in [7, 11) is 0. The third kappa shape index (κ3) is 3.77. The number of likely N-dealkylation sites (N-methyl/N-ethyl adjacent to an activating group) is 1. The van der Waals surface area contributed by atoms with Crippen LogP contribution in [0.25, 0.3) is 0 Å². The van der Waals surface area contributed by atoms with Gasteiger partial charge >= 0.3 is 0 Å². The molecule has 2 atom stereocenters. The van der Waals surface area contributed by atoms with Crippen molar-refractivity contribution in [1.82, 2.24) is 5.32 Å². The second kappa shape index (κ2) is 6.83. The molecule has 2 unspecified atom stereocenters. The molecule has 1 aromatic carbocycles. The predicted molar refractivity (Wildman–Crippen MR) is 68.0 cm³/mol. The highest BCUT2D eigenvalue weighted by molar-refractivity contribution is 5.19. The van der Waals surface area contributed by atoms with Crippen LogP contribution in [0.1, 0.15) is 25.0 Å². The summed E-state index contributed by atoms with van der Waals surface area (Å²) in [5.74, 6) is -0.217. The lowest BCUT2D eigenvalue weighted by atomic mass is 10.1. The average molecular weight is 253 g/mol. The zero-order valence-electron chi connectivity index (χ0n) is 10.7. The maximum atomic E-state index is 12.9. The molecule has 0 aromatic heterocycles. The van der Waals surface area contributed by atoms with Crippen molar-refractivity contribution in [1.29, 1.82) is 0 Å². The number of hydrogen-bond donors (Lipinski definition) is 1. The summed E-state index contributed by atoms with van der Waals surface area (Å²) in [6.07, 6.45) is 1.04. The quantitative estimate of drug-likeness (QED) is 0.843. The van der Waals surface area contributed by atoms with Crippen molar-refractivity contribution in [2.45, 2.75) is 25.6 Å². The van der Waals surface area contributed by atoms with Crippen LogP contribution in [-0.4, -0.2) is 32.4 Å². The average Bonchev–Trinajstić information content (AvgIpc) is 2.88. The predicted octanol–water partition coefficient (Wildman–Crippen LogP) is 2.28. The Hall–Kier alpha value is -0.970. The minimum atomic E-state index is -0.217. The largest absolute Gasteiger partial charge is 0.379 e. The van der Waals surface area contributed by atoms with Gasteiger partial charge in [0.05, 0.1) is 18.8 Å². The van der Waals surface area contributed by atoms with Crippen LogP contribution in [0.2, 0.25) is 0 Å². The van der Waals surface area contributed by atoms with Crippen molar-refractivity contribution in [3.8, 4) is 0 Å². The van der Waals surface area contributed by atoms with Gasteiger partial charge in [0.2, 0.25) is 0 Å². The van der Waals surface area contributed by atoms with E-state index in [-0.39, 0.29) is 18.0 Å². The third-order valence-electron chi connectivity index (χ3n) is 3.07. The van der Waals surface area contributed by atoms with Gasteiger partial charge in [-0.2, -0.15) is 0 Å². The van der Waals surface area contributed by atoms with Crippen molar-refractivity contribution >= 4 is 0 Å². The fourth-order valence-electron chi connectivity index (χ4n) is 2.05. The molecule has 0 spiro atoms. The van der Waals surface area contributed by atoms with Crippen LogP contribution >= 0.6 is 0 Å². The summed E-state index contributed by atoms with van der Waals surface area (Å²) < 4.78 is 24.3. The molecule has 2 rings (SSSR count). The van der Waals surface area contributed by atoms with Gasteiger partial charge in [0.15, 0.2) is 0 Å². The Kier molecular flexibility index (Phi) is 5.11. The Balaban J connectivity index is 2.00. The second-order valence-electron chi connectivity index (χ2n) is 4.47. The molecule has 1 aliphatic rings. The van der Waals surface area contributed by atoms with E-state index < -0.39 is 0 Å². The second-order valence-corrected chi connectivity index (χ2v) is 4.47. The molecule has 1 saturated heterocycles. The topological polar surface area (TPSA) is 30.5 Å². The molecule has 1 aliphatic heterocycles. The van der Waals surface area contributed by atoms with Crippen molar-refractivity contribution < 1.29 is 13.9 Å². The van der Waals surface area contributed by atoms with Crippen LogP contribution in [0.15, 0.2) is 24.3 Å². The Morgan fingerprint density at radius 2 is 2.22 bits per heavy atom. The van der Waals surface area contributed by atoms with Crippen molar-refractivity contribution in [2.24, 2.45) is 0 Å². The van der Waals surface area contributed by atoms with Crippen molar-refractivity contribution in [3.05, 3.63) is 35.6 Å². The molecule has 1 aromatic rings. The number of nitrogens with one attached hydrogen (secondary N) is 1. The summed E-state index contributed by atoms with van der Waals surface area (Å²) in [6, 6.07) is 6.52. The molecular formula is C14H20FNO2. The van der Waals surface area contributed by atoms with Crippen LogP contribution < -0.4 is 5.32 Å². The van der Waals surface area contributed by atoms with Crippen LogP contribution in [0.5, 0.6) is 0 Å². The first kappa shape index (κ1) is 13.5. The molecule has 1 fully saturated rings. The standard InChI is InChI=1S/C14H20FNO2/c1-2-16-9-14(18-13-7-8-17-10-13)11-3-5-12(15)6-4-11/h3-6,13-14,16H,2,7-10H2,1H3. The summed E-state index contributed by atoms with van der Waals surface area (Å²) in [4.78, 5) is 0. The molecule has 0 bridgehead atoms. The SMILES string of the molecule is CCNCC(OC1CCOC1)c1ccc(F)cc1. The Morgan fingerprint density at radius 1 is 1.44 bits per heavy atom. The van der Waals surface area contributed by atoms with E-state index in [1.807, 2.05) is 0 Å². The van der Waals surface area contributed by atoms with E-state index in [0.29, 0.717) is 6.61 Å². The fraction of sp³-hybridized carbons (Fsp3) is 0.571. The minimum Gasteiger partial charge on any atom is -0.379 e. The number of hydrogen-bond acceptors (Lipinski definition) is 3. The molecule has 1 N–H and O–H groups in total. The van der Waals surface area contributed by atoms with Gasteiger partial charge in [-0.25, -0.2) is 4.39 Å². The highest BCUT2D eigenvalue weighted by atomic mass is 19.1. The third-order valence-corrected chi connectivity index (χ3v) is 3.07. The molecule has 0 saturated carbocycles. The lowest BCUT2D eigenvalue weighted by molar-refractivity contribution is -0.0162. The number of ether oxygens (including phenoxy) is 2. The lowest BCUT2D eigenvalue weighted by Crippen LogP contribution is -2.27. The van der Waals surface area contributed by atoms with Gasteiger partial charge in [0, 0.05) is 13.2 Å². The zero-order valence-corrected chi connectivity index (χ0v) is 10.7. The molecule has 4 heteroatoms. The first-order chi connectivity index (χ1) is 8.79. The van der Waals surface area contributed by atoms with E-state index in [9.17, 15) is 4.39 Å². The normalized spacial score (nSPS) is 21.1. The Morgan fingerprint density at radius 3 is 2.83 bits per heavy atom. The van der Waals surface area contributed by atoms with Crippen LogP contribution in [0, 0.1) is 5.82 Å². The number of halogens is 1.